The molecular formula is C53H96O6. The van der Waals surface area contributed by atoms with Crippen molar-refractivity contribution in [1.29, 1.82) is 0 Å². The fraction of sp³-hybridized carbons (Fsp3) is 0.830. The predicted octanol–water partition coefficient (Wildman–Crippen LogP) is 16.5. The molecule has 59 heavy (non-hydrogen) atoms. The quantitative estimate of drug-likeness (QED) is 0.0263. The van der Waals surface area contributed by atoms with Crippen molar-refractivity contribution in [1.82, 2.24) is 0 Å². The van der Waals surface area contributed by atoms with E-state index in [-0.39, 0.29) is 31.1 Å². The van der Waals surface area contributed by atoms with Gasteiger partial charge < -0.3 is 14.2 Å². The average molecular weight is 829 g/mol. The molecule has 0 aliphatic carbocycles. The minimum Gasteiger partial charge on any atom is -0.462 e. The lowest BCUT2D eigenvalue weighted by Crippen LogP contribution is -2.30. The van der Waals surface area contributed by atoms with Crippen LogP contribution in [0.5, 0.6) is 0 Å². The summed E-state index contributed by atoms with van der Waals surface area (Å²) in [5, 5.41) is 0. The van der Waals surface area contributed by atoms with Gasteiger partial charge in [0, 0.05) is 19.3 Å². The summed E-state index contributed by atoms with van der Waals surface area (Å²) in [5.41, 5.74) is 0. The molecule has 0 bridgehead atoms. The predicted molar refractivity (Wildman–Crippen MR) is 252 cm³/mol. The second-order valence-corrected chi connectivity index (χ2v) is 17.1. The Labute approximate surface area is 365 Å². The summed E-state index contributed by atoms with van der Waals surface area (Å²) in [4.78, 5) is 37.9. The fourth-order valence-corrected chi connectivity index (χ4v) is 7.38. The molecule has 6 heteroatoms. The molecular weight excluding hydrogens is 733 g/mol. The molecule has 344 valence electrons. The van der Waals surface area contributed by atoms with Crippen LogP contribution in [0.15, 0.2) is 36.5 Å². The van der Waals surface area contributed by atoms with Gasteiger partial charge in [-0.1, -0.05) is 243 Å². The van der Waals surface area contributed by atoms with Gasteiger partial charge in [-0.25, -0.2) is 0 Å². The van der Waals surface area contributed by atoms with Gasteiger partial charge in [0.25, 0.3) is 0 Å². The number of hydrogen-bond acceptors (Lipinski definition) is 6. The highest BCUT2D eigenvalue weighted by Gasteiger charge is 2.19. The maximum Gasteiger partial charge on any atom is 0.306 e. The molecule has 6 nitrogen and oxygen atoms in total. The first-order valence-electron chi connectivity index (χ1n) is 25.5. The molecule has 0 heterocycles. The highest BCUT2D eigenvalue weighted by molar-refractivity contribution is 5.71. The first kappa shape index (κ1) is 56.6. The van der Waals surface area contributed by atoms with Crippen molar-refractivity contribution in [2.45, 2.75) is 271 Å². The van der Waals surface area contributed by atoms with Gasteiger partial charge in [0.1, 0.15) is 13.2 Å². The van der Waals surface area contributed by atoms with Gasteiger partial charge in [-0.15, -0.1) is 0 Å². The van der Waals surface area contributed by atoms with Crippen LogP contribution in [0.1, 0.15) is 265 Å². The molecule has 0 aromatic carbocycles. The van der Waals surface area contributed by atoms with Crippen LogP contribution in [0, 0.1) is 0 Å². The van der Waals surface area contributed by atoms with Crippen LogP contribution in [-0.2, 0) is 28.6 Å². The number of rotatable bonds is 46. The largest absolute Gasteiger partial charge is 0.462 e. The molecule has 0 spiro atoms. The lowest BCUT2D eigenvalue weighted by atomic mass is 10.0. The molecule has 0 aliphatic heterocycles. The van der Waals surface area contributed by atoms with Crippen LogP contribution in [0.25, 0.3) is 0 Å². The van der Waals surface area contributed by atoms with E-state index in [0.29, 0.717) is 19.3 Å². The number of hydrogen-bond donors (Lipinski definition) is 0. The number of esters is 3. The number of ether oxygens (including phenoxy) is 3. The van der Waals surface area contributed by atoms with Crippen LogP contribution in [0.2, 0.25) is 0 Å². The van der Waals surface area contributed by atoms with Crippen LogP contribution < -0.4 is 0 Å². The van der Waals surface area contributed by atoms with E-state index < -0.39 is 6.10 Å². The number of unbranched alkanes of at least 4 members (excludes halogenated alkanes) is 31. The van der Waals surface area contributed by atoms with Gasteiger partial charge in [-0.2, -0.15) is 0 Å². The molecule has 0 rings (SSSR count). The van der Waals surface area contributed by atoms with E-state index in [1.54, 1.807) is 0 Å². The molecule has 1 atom stereocenters. The van der Waals surface area contributed by atoms with Crippen molar-refractivity contribution in [2.24, 2.45) is 0 Å². The Morgan fingerprint density at radius 2 is 0.661 bits per heavy atom. The van der Waals surface area contributed by atoms with Gasteiger partial charge >= 0.3 is 17.9 Å². The highest BCUT2D eigenvalue weighted by Crippen LogP contribution is 2.16. The molecule has 0 saturated carbocycles. The van der Waals surface area contributed by atoms with Gasteiger partial charge in [-0.05, 0) is 38.5 Å². The second-order valence-electron chi connectivity index (χ2n) is 17.1. The van der Waals surface area contributed by atoms with E-state index in [2.05, 4.69) is 57.2 Å². The Morgan fingerprint density at radius 3 is 1.02 bits per heavy atom. The molecule has 0 amide bonds. The third kappa shape index (κ3) is 46.5. The highest BCUT2D eigenvalue weighted by atomic mass is 16.6. The minimum atomic E-state index is -0.776. The number of carbonyl (C=O) groups excluding carboxylic acids is 3. The standard InChI is InChI=1S/C53H96O6/c1-4-7-10-13-16-19-22-25-26-29-31-34-37-40-43-46-52(55)58-49-50(59-53(56)47-44-41-38-35-32-28-24-21-18-15-12-9-6-3)48-57-51(54)45-42-39-36-33-30-27-23-20-17-14-11-8-5-2/h9,12,15,18,21,24,50H,4-8,10-11,13-14,16-17,19-20,22-23,25-49H2,1-3H3/b12-9-,18-15-,24-21-. The Morgan fingerprint density at radius 1 is 0.356 bits per heavy atom. The van der Waals surface area contributed by atoms with Crippen LogP contribution in [0.3, 0.4) is 0 Å². The van der Waals surface area contributed by atoms with Crippen molar-refractivity contribution < 1.29 is 28.6 Å². The second kappa shape index (κ2) is 48.3. The zero-order valence-electron chi connectivity index (χ0n) is 39.3. The van der Waals surface area contributed by atoms with Crippen LogP contribution >= 0.6 is 0 Å². The zero-order valence-corrected chi connectivity index (χ0v) is 39.3. The molecule has 0 aromatic heterocycles. The minimum absolute atomic E-state index is 0.0765. The summed E-state index contributed by atoms with van der Waals surface area (Å²) in [6.45, 7) is 6.51. The molecule has 0 N–H and O–H groups in total. The summed E-state index contributed by atoms with van der Waals surface area (Å²) in [6.07, 6.45) is 55.5. The van der Waals surface area contributed by atoms with Crippen molar-refractivity contribution >= 4 is 17.9 Å². The first-order valence-corrected chi connectivity index (χ1v) is 25.5. The third-order valence-electron chi connectivity index (χ3n) is 11.2. The average Bonchev–Trinajstić information content (AvgIpc) is 3.23. The van der Waals surface area contributed by atoms with Gasteiger partial charge in [-0.3, -0.25) is 14.4 Å². The molecule has 0 fully saturated rings. The summed E-state index contributed by atoms with van der Waals surface area (Å²) < 4.78 is 16.8. The Kier molecular flexibility index (Phi) is 46.4. The Bertz CT molecular complexity index is 1000. The molecule has 0 saturated heterocycles. The van der Waals surface area contributed by atoms with Crippen molar-refractivity contribution in [2.75, 3.05) is 13.2 Å². The summed E-state index contributed by atoms with van der Waals surface area (Å²) >= 11 is 0. The van der Waals surface area contributed by atoms with Crippen molar-refractivity contribution in [3.8, 4) is 0 Å². The van der Waals surface area contributed by atoms with E-state index in [1.807, 2.05) is 0 Å². The van der Waals surface area contributed by atoms with Crippen LogP contribution in [-0.4, -0.2) is 37.2 Å². The molecule has 0 radical (unpaired) electrons. The lowest BCUT2D eigenvalue weighted by Gasteiger charge is -2.18. The Balaban J connectivity index is 4.36. The summed E-state index contributed by atoms with van der Waals surface area (Å²) in [7, 11) is 0. The zero-order chi connectivity index (χ0) is 43.0. The summed E-state index contributed by atoms with van der Waals surface area (Å²) in [5.74, 6) is -0.886. The van der Waals surface area contributed by atoms with Gasteiger partial charge in [0.05, 0.1) is 0 Å². The van der Waals surface area contributed by atoms with Gasteiger partial charge in [0.2, 0.25) is 0 Å². The fourth-order valence-electron chi connectivity index (χ4n) is 7.38. The monoisotopic (exact) mass is 829 g/mol. The summed E-state index contributed by atoms with van der Waals surface area (Å²) in [6, 6.07) is 0. The van der Waals surface area contributed by atoms with Crippen molar-refractivity contribution in [3.63, 3.8) is 0 Å². The lowest BCUT2D eigenvalue weighted by molar-refractivity contribution is -0.167. The molecule has 0 aromatic rings. The van der Waals surface area contributed by atoms with E-state index in [0.717, 1.165) is 83.5 Å². The first-order chi connectivity index (χ1) is 29.0. The normalized spacial score (nSPS) is 12.3. The molecule has 0 aliphatic rings. The maximum atomic E-state index is 12.8. The van der Waals surface area contributed by atoms with Crippen molar-refractivity contribution in [3.05, 3.63) is 36.5 Å². The topological polar surface area (TPSA) is 78.9 Å². The number of allylic oxidation sites excluding steroid dienone is 6. The molecule has 1 unspecified atom stereocenters. The van der Waals surface area contributed by atoms with Crippen LogP contribution in [0.4, 0.5) is 0 Å². The Hall–Kier alpha value is -2.37. The SMILES string of the molecule is CC\C=C/C=C\C=C/CCCCCCCC(=O)OC(COC(=O)CCCCCCCCCCCCCCC)COC(=O)CCCCCCCCCCCCCCCCC. The third-order valence-corrected chi connectivity index (χ3v) is 11.2. The van der Waals surface area contributed by atoms with E-state index >= 15 is 0 Å². The number of carbonyl (C=O) groups is 3. The smallest absolute Gasteiger partial charge is 0.306 e. The van der Waals surface area contributed by atoms with E-state index in [4.69, 9.17) is 14.2 Å². The maximum absolute atomic E-state index is 12.8. The van der Waals surface area contributed by atoms with E-state index in [1.165, 1.54) is 141 Å². The van der Waals surface area contributed by atoms with E-state index in [9.17, 15) is 14.4 Å². The van der Waals surface area contributed by atoms with Gasteiger partial charge in [0.15, 0.2) is 6.10 Å².